The van der Waals surface area contributed by atoms with E-state index in [1.807, 2.05) is 0 Å². The van der Waals surface area contributed by atoms with Crippen LogP contribution in [0, 0.1) is 34.5 Å². The predicted molar refractivity (Wildman–Crippen MR) is 99.4 cm³/mol. The maximum absolute atomic E-state index is 2.66. The molecule has 0 spiro atoms. The molecule has 4 aliphatic rings. The molecule has 132 valence electrons. The third-order valence-corrected chi connectivity index (χ3v) is 8.78. The van der Waals surface area contributed by atoms with Gasteiger partial charge in [0.05, 0.1) is 0 Å². The molecule has 0 aromatic rings. The minimum atomic E-state index is 0.694. The van der Waals surface area contributed by atoms with Gasteiger partial charge in [0.1, 0.15) is 0 Å². The smallest absolute Gasteiger partial charge is 0.0323 e. The molecule has 0 nitrogen and oxygen atoms in total. The second-order valence-electron chi connectivity index (χ2n) is 10.9. The Morgan fingerprint density at radius 2 is 1.30 bits per heavy atom. The van der Waals surface area contributed by atoms with Crippen LogP contribution in [-0.2, 0) is 0 Å². The van der Waals surface area contributed by atoms with Gasteiger partial charge in [0, 0.05) is 0 Å². The second-order valence-corrected chi connectivity index (χ2v) is 10.9. The Balaban J connectivity index is 1.48. The van der Waals surface area contributed by atoms with Gasteiger partial charge in [-0.2, -0.15) is 0 Å². The monoisotopic (exact) mass is 316 g/mol. The number of hydrogen-bond acceptors (Lipinski definition) is 0. The summed E-state index contributed by atoms with van der Waals surface area (Å²) in [5.74, 6) is 4.44. The van der Waals surface area contributed by atoms with E-state index in [1.165, 1.54) is 57.8 Å². The molecular weight excluding hydrogens is 276 g/mol. The minimum absolute atomic E-state index is 0.694. The Hall–Kier alpha value is 0. The Morgan fingerprint density at radius 3 is 1.78 bits per heavy atom. The van der Waals surface area contributed by atoms with Crippen LogP contribution in [0.2, 0.25) is 0 Å². The molecule has 0 aromatic carbocycles. The quantitative estimate of drug-likeness (QED) is 0.496. The Kier molecular flexibility index (Phi) is 4.57. The molecule has 0 heteroatoms. The summed E-state index contributed by atoms with van der Waals surface area (Å²) in [5.41, 5.74) is 1.40. The topological polar surface area (TPSA) is 0 Å². The zero-order valence-corrected chi connectivity index (χ0v) is 15.9. The van der Waals surface area contributed by atoms with Crippen LogP contribution < -0.4 is 0 Å². The van der Waals surface area contributed by atoms with Crippen LogP contribution in [0.15, 0.2) is 0 Å². The molecule has 4 atom stereocenters. The zero-order valence-electron chi connectivity index (χ0n) is 15.9. The second kappa shape index (κ2) is 6.38. The standard InChI is InChI=1S/C23H40/c1-22(10-4-3-5-11-22)16-20(17-23(2)12-6-7-13-23)21-15-18-8-9-19(21)14-18/h18-21H,3-17H2,1-2H3. The summed E-state index contributed by atoms with van der Waals surface area (Å²) in [6, 6.07) is 0. The molecule has 0 saturated heterocycles. The van der Waals surface area contributed by atoms with E-state index in [1.54, 1.807) is 38.5 Å². The van der Waals surface area contributed by atoms with Gasteiger partial charge >= 0.3 is 0 Å². The van der Waals surface area contributed by atoms with Gasteiger partial charge in [-0.15, -0.1) is 0 Å². The first kappa shape index (κ1) is 16.5. The summed E-state index contributed by atoms with van der Waals surface area (Å²) >= 11 is 0. The van der Waals surface area contributed by atoms with E-state index < -0.39 is 0 Å². The Labute approximate surface area is 145 Å². The molecule has 0 aliphatic heterocycles. The van der Waals surface area contributed by atoms with Crippen LogP contribution in [0.4, 0.5) is 0 Å². The van der Waals surface area contributed by atoms with Crippen molar-refractivity contribution < 1.29 is 0 Å². The minimum Gasteiger partial charge on any atom is -0.0596 e. The summed E-state index contributed by atoms with van der Waals surface area (Å²) in [6.45, 7) is 5.30. The summed E-state index contributed by atoms with van der Waals surface area (Å²) in [4.78, 5) is 0. The summed E-state index contributed by atoms with van der Waals surface area (Å²) in [5, 5.41) is 0. The fourth-order valence-corrected chi connectivity index (χ4v) is 7.55. The number of fused-ring (bicyclic) bond motifs is 2. The van der Waals surface area contributed by atoms with Crippen LogP contribution in [0.1, 0.15) is 110 Å². The van der Waals surface area contributed by atoms with Crippen molar-refractivity contribution >= 4 is 0 Å². The van der Waals surface area contributed by atoms with Crippen LogP contribution in [0.5, 0.6) is 0 Å². The van der Waals surface area contributed by atoms with Crippen molar-refractivity contribution in [2.45, 2.75) is 110 Å². The molecule has 0 radical (unpaired) electrons. The van der Waals surface area contributed by atoms with Crippen molar-refractivity contribution in [1.82, 2.24) is 0 Å². The number of hydrogen-bond donors (Lipinski definition) is 0. The summed E-state index contributed by atoms with van der Waals surface area (Å²) in [7, 11) is 0. The van der Waals surface area contributed by atoms with E-state index in [-0.39, 0.29) is 0 Å². The lowest BCUT2D eigenvalue weighted by atomic mass is 9.62. The van der Waals surface area contributed by atoms with Gasteiger partial charge < -0.3 is 0 Å². The molecule has 4 fully saturated rings. The lowest BCUT2D eigenvalue weighted by molar-refractivity contribution is 0.0779. The molecule has 4 saturated carbocycles. The molecule has 2 bridgehead atoms. The SMILES string of the molecule is CC1(CC(CC2(C)CCCC2)C2CC3CCC2C3)CCCCC1. The normalized spacial score (nSPS) is 39.7. The number of rotatable bonds is 5. The molecule has 0 aromatic heterocycles. The maximum Gasteiger partial charge on any atom is -0.0323 e. The lowest BCUT2D eigenvalue weighted by Gasteiger charge is -2.43. The first-order valence-electron chi connectivity index (χ1n) is 11.1. The molecule has 4 unspecified atom stereocenters. The average molecular weight is 317 g/mol. The van der Waals surface area contributed by atoms with Gasteiger partial charge in [0.15, 0.2) is 0 Å². The Morgan fingerprint density at radius 1 is 0.739 bits per heavy atom. The average Bonchev–Trinajstić information content (AvgIpc) is 3.24. The highest BCUT2D eigenvalue weighted by atomic mass is 14.5. The zero-order chi connectivity index (χ0) is 15.9. The van der Waals surface area contributed by atoms with E-state index in [2.05, 4.69) is 13.8 Å². The van der Waals surface area contributed by atoms with Crippen molar-refractivity contribution in [2.75, 3.05) is 0 Å². The van der Waals surface area contributed by atoms with Gasteiger partial charge in [-0.3, -0.25) is 0 Å². The highest BCUT2D eigenvalue weighted by Gasteiger charge is 2.46. The van der Waals surface area contributed by atoms with Crippen molar-refractivity contribution in [3.05, 3.63) is 0 Å². The molecule has 4 rings (SSSR count). The largest absolute Gasteiger partial charge is 0.0596 e. The third kappa shape index (κ3) is 3.52. The highest BCUT2D eigenvalue weighted by molar-refractivity contribution is 4.97. The van der Waals surface area contributed by atoms with Gasteiger partial charge in [0.25, 0.3) is 0 Å². The predicted octanol–water partition coefficient (Wildman–Crippen LogP) is 7.37. The van der Waals surface area contributed by atoms with Crippen molar-refractivity contribution in [2.24, 2.45) is 34.5 Å². The van der Waals surface area contributed by atoms with Crippen LogP contribution in [0.3, 0.4) is 0 Å². The fourth-order valence-electron chi connectivity index (χ4n) is 7.55. The van der Waals surface area contributed by atoms with E-state index in [9.17, 15) is 0 Å². The van der Waals surface area contributed by atoms with E-state index >= 15 is 0 Å². The van der Waals surface area contributed by atoms with Gasteiger partial charge in [-0.25, -0.2) is 0 Å². The summed E-state index contributed by atoms with van der Waals surface area (Å²) in [6.07, 6.45) is 23.2. The van der Waals surface area contributed by atoms with Crippen LogP contribution >= 0.6 is 0 Å². The van der Waals surface area contributed by atoms with Gasteiger partial charge in [-0.1, -0.05) is 52.4 Å². The molecule has 0 heterocycles. The first-order valence-corrected chi connectivity index (χ1v) is 11.1. The summed E-state index contributed by atoms with van der Waals surface area (Å²) < 4.78 is 0. The van der Waals surface area contributed by atoms with Crippen LogP contribution in [-0.4, -0.2) is 0 Å². The maximum atomic E-state index is 2.66. The fraction of sp³-hybridized carbons (Fsp3) is 1.00. The lowest BCUT2D eigenvalue weighted by Crippen LogP contribution is -2.32. The van der Waals surface area contributed by atoms with Crippen molar-refractivity contribution in [3.8, 4) is 0 Å². The third-order valence-electron chi connectivity index (χ3n) is 8.78. The Bertz CT molecular complexity index is 396. The van der Waals surface area contributed by atoms with Gasteiger partial charge in [0.2, 0.25) is 0 Å². The van der Waals surface area contributed by atoms with Crippen molar-refractivity contribution in [1.29, 1.82) is 0 Å². The molecule has 4 aliphatic carbocycles. The van der Waals surface area contributed by atoms with E-state index in [0.29, 0.717) is 10.8 Å². The van der Waals surface area contributed by atoms with Crippen molar-refractivity contribution in [3.63, 3.8) is 0 Å². The first-order chi connectivity index (χ1) is 11.1. The molecule has 0 N–H and O–H groups in total. The van der Waals surface area contributed by atoms with Crippen LogP contribution in [0.25, 0.3) is 0 Å². The molecule has 23 heavy (non-hydrogen) atoms. The molecular formula is C23H40. The van der Waals surface area contributed by atoms with E-state index in [0.717, 1.165) is 23.7 Å². The highest BCUT2D eigenvalue weighted by Crippen LogP contribution is 2.57. The molecule has 0 amide bonds. The van der Waals surface area contributed by atoms with Gasteiger partial charge in [-0.05, 0) is 92.3 Å². The van der Waals surface area contributed by atoms with E-state index in [4.69, 9.17) is 0 Å².